The molecule has 0 atom stereocenters. The van der Waals surface area contributed by atoms with Gasteiger partial charge in [0.15, 0.2) is 0 Å². The van der Waals surface area contributed by atoms with Crippen LogP contribution in [-0.4, -0.2) is 30.8 Å². The zero-order valence-electron chi connectivity index (χ0n) is 16.8. The molecular formula is C21H22N4O3S2. The normalized spacial score (nSPS) is 13.9. The van der Waals surface area contributed by atoms with Crippen LogP contribution in [0.15, 0.2) is 47.6 Å². The first kappa shape index (κ1) is 20.6. The third-order valence-corrected chi connectivity index (χ3v) is 7.69. The number of carbonyl (C=O) groups excluding carboxylic acids is 1. The molecule has 1 aromatic carbocycles. The topological polar surface area (TPSA) is 92.3 Å². The first-order valence-electron chi connectivity index (χ1n) is 9.62. The SMILES string of the molecule is CC(=O)N1CCCc2cc(S(=O)(=O)NCc3sc(-c4cccnc4)nc3C)ccc21. The summed E-state index contributed by atoms with van der Waals surface area (Å²) in [6, 6.07) is 8.73. The summed E-state index contributed by atoms with van der Waals surface area (Å²) >= 11 is 1.45. The van der Waals surface area contributed by atoms with E-state index in [0.29, 0.717) is 6.54 Å². The number of aryl methyl sites for hydroxylation is 2. The van der Waals surface area contributed by atoms with E-state index in [1.807, 2.05) is 19.1 Å². The van der Waals surface area contributed by atoms with Gasteiger partial charge in [-0.2, -0.15) is 0 Å². The molecule has 1 amide bonds. The fourth-order valence-corrected chi connectivity index (χ4v) is 5.65. The van der Waals surface area contributed by atoms with Crippen molar-refractivity contribution in [3.8, 4) is 10.6 Å². The van der Waals surface area contributed by atoms with Crippen LogP contribution in [0.2, 0.25) is 0 Å². The van der Waals surface area contributed by atoms with Crippen LogP contribution in [0.5, 0.6) is 0 Å². The quantitative estimate of drug-likeness (QED) is 0.655. The number of pyridine rings is 1. The van der Waals surface area contributed by atoms with Crippen molar-refractivity contribution in [3.63, 3.8) is 0 Å². The van der Waals surface area contributed by atoms with Crippen LogP contribution in [0.4, 0.5) is 5.69 Å². The van der Waals surface area contributed by atoms with Gasteiger partial charge in [0.1, 0.15) is 5.01 Å². The third kappa shape index (κ3) is 4.14. The van der Waals surface area contributed by atoms with E-state index >= 15 is 0 Å². The highest BCUT2D eigenvalue weighted by Crippen LogP contribution is 2.30. The molecule has 0 spiro atoms. The second-order valence-electron chi connectivity index (χ2n) is 7.16. The van der Waals surface area contributed by atoms with E-state index in [9.17, 15) is 13.2 Å². The zero-order chi connectivity index (χ0) is 21.3. The van der Waals surface area contributed by atoms with Crippen molar-refractivity contribution in [2.45, 2.75) is 38.1 Å². The molecule has 0 saturated heterocycles. The average Bonchev–Trinajstić information content (AvgIpc) is 3.12. The van der Waals surface area contributed by atoms with Gasteiger partial charge in [0, 0.05) is 48.5 Å². The average molecular weight is 443 g/mol. The summed E-state index contributed by atoms with van der Waals surface area (Å²) in [7, 11) is -3.69. The second-order valence-corrected chi connectivity index (χ2v) is 10.0. The maximum absolute atomic E-state index is 12.9. The molecule has 7 nitrogen and oxygen atoms in total. The highest BCUT2D eigenvalue weighted by Gasteiger charge is 2.23. The number of carbonyl (C=O) groups is 1. The standard InChI is InChI=1S/C21H22N4O3S2/c1-14-20(29-21(24-14)17-5-3-9-22-12-17)13-23-30(27,28)18-7-8-19-16(11-18)6-4-10-25(19)15(2)26/h3,5,7-9,11-12,23H,4,6,10,13H2,1-2H3. The predicted molar refractivity (Wildman–Crippen MR) is 117 cm³/mol. The van der Waals surface area contributed by atoms with Crippen LogP contribution in [-0.2, 0) is 27.8 Å². The maximum Gasteiger partial charge on any atom is 0.240 e. The van der Waals surface area contributed by atoms with E-state index < -0.39 is 10.0 Å². The van der Waals surface area contributed by atoms with Gasteiger partial charge in [0.25, 0.3) is 0 Å². The Morgan fingerprint density at radius 2 is 2.13 bits per heavy atom. The van der Waals surface area contributed by atoms with Crippen molar-refractivity contribution in [3.05, 3.63) is 58.9 Å². The van der Waals surface area contributed by atoms with Gasteiger partial charge >= 0.3 is 0 Å². The summed E-state index contributed by atoms with van der Waals surface area (Å²) in [5.41, 5.74) is 3.38. The van der Waals surface area contributed by atoms with Crippen LogP contribution >= 0.6 is 11.3 Å². The molecule has 0 saturated carbocycles. The van der Waals surface area contributed by atoms with E-state index in [1.165, 1.54) is 18.3 Å². The molecule has 1 N–H and O–H groups in total. The highest BCUT2D eigenvalue weighted by atomic mass is 32.2. The van der Waals surface area contributed by atoms with Gasteiger partial charge in [-0.3, -0.25) is 9.78 Å². The second kappa shape index (κ2) is 8.25. The first-order valence-corrected chi connectivity index (χ1v) is 11.9. The van der Waals surface area contributed by atoms with Crippen molar-refractivity contribution >= 4 is 33.0 Å². The Balaban J connectivity index is 1.53. The summed E-state index contributed by atoms with van der Waals surface area (Å²) in [4.78, 5) is 23.2. The summed E-state index contributed by atoms with van der Waals surface area (Å²) < 4.78 is 28.4. The van der Waals surface area contributed by atoms with Crippen LogP contribution in [0.1, 0.15) is 29.5 Å². The van der Waals surface area contributed by atoms with Gasteiger partial charge in [0.2, 0.25) is 15.9 Å². The summed E-state index contributed by atoms with van der Waals surface area (Å²) in [5, 5.41) is 0.813. The number of aromatic nitrogens is 2. The number of nitrogens with zero attached hydrogens (tertiary/aromatic N) is 3. The minimum Gasteiger partial charge on any atom is -0.312 e. The number of fused-ring (bicyclic) bond motifs is 1. The van der Waals surface area contributed by atoms with Crippen LogP contribution < -0.4 is 9.62 Å². The molecule has 1 aliphatic rings. The molecule has 2 aromatic heterocycles. The zero-order valence-corrected chi connectivity index (χ0v) is 18.4. The van der Waals surface area contributed by atoms with Gasteiger partial charge in [-0.05, 0) is 55.7 Å². The predicted octanol–water partition coefficient (Wildman–Crippen LogP) is 3.29. The Hall–Kier alpha value is -2.62. The molecule has 3 heterocycles. The lowest BCUT2D eigenvalue weighted by atomic mass is 10.0. The number of hydrogen-bond donors (Lipinski definition) is 1. The van der Waals surface area contributed by atoms with Gasteiger partial charge < -0.3 is 4.90 Å². The van der Waals surface area contributed by atoms with E-state index in [4.69, 9.17) is 0 Å². The van der Waals surface area contributed by atoms with Crippen molar-refractivity contribution in [2.24, 2.45) is 0 Å². The molecule has 0 aliphatic carbocycles. The van der Waals surface area contributed by atoms with E-state index in [0.717, 1.165) is 45.2 Å². The third-order valence-electron chi connectivity index (χ3n) is 5.08. The van der Waals surface area contributed by atoms with E-state index in [2.05, 4.69) is 14.7 Å². The van der Waals surface area contributed by atoms with Gasteiger partial charge in [-0.1, -0.05) is 0 Å². The largest absolute Gasteiger partial charge is 0.312 e. The number of benzene rings is 1. The Kier molecular flexibility index (Phi) is 5.68. The molecule has 1 aliphatic heterocycles. The van der Waals surface area contributed by atoms with E-state index in [-0.39, 0.29) is 17.3 Å². The Morgan fingerprint density at radius 3 is 2.87 bits per heavy atom. The maximum atomic E-state index is 12.9. The molecule has 0 bridgehead atoms. The van der Waals surface area contributed by atoms with E-state index in [1.54, 1.807) is 35.5 Å². The van der Waals surface area contributed by atoms with Crippen LogP contribution in [0, 0.1) is 6.92 Å². The molecule has 3 aromatic rings. The first-order chi connectivity index (χ1) is 14.3. The number of thiazole rings is 1. The smallest absolute Gasteiger partial charge is 0.240 e. The fraction of sp³-hybridized carbons (Fsp3) is 0.286. The van der Waals surface area contributed by atoms with Crippen LogP contribution in [0.25, 0.3) is 10.6 Å². The van der Waals surface area contributed by atoms with Crippen molar-refractivity contribution in [1.82, 2.24) is 14.7 Å². The minimum absolute atomic E-state index is 0.0326. The molecule has 4 rings (SSSR count). The molecule has 30 heavy (non-hydrogen) atoms. The lowest BCUT2D eigenvalue weighted by Crippen LogP contribution is -2.33. The number of sulfonamides is 1. The molecule has 9 heteroatoms. The molecular weight excluding hydrogens is 420 g/mol. The van der Waals surface area contributed by atoms with Crippen molar-refractivity contribution in [2.75, 3.05) is 11.4 Å². The molecule has 0 radical (unpaired) electrons. The number of anilines is 1. The van der Waals surface area contributed by atoms with Gasteiger partial charge in [-0.15, -0.1) is 11.3 Å². The summed E-state index contributed by atoms with van der Waals surface area (Å²) in [6.45, 7) is 4.23. The molecule has 156 valence electrons. The lowest BCUT2D eigenvalue weighted by molar-refractivity contribution is -0.116. The Bertz CT molecular complexity index is 1190. The Morgan fingerprint density at radius 1 is 1.30 bits per heavy atom. The summed E-state index contributed by atoms with van der Waals surface area (Å²) in [5.74, 6) is -0.0326. The van der Waals surface area contributed by atoms with Crippen molar-refractivity contribution in [1.29, 1.82) is 0 Å². The van der Waals surface area contributed by atoms with Crippen LogP contribution in [0.3, 0.4) is 0 Å². The van der Waals surface area contributed by atoms with Crippen molar-refractivity contribution < 1.29 is 13.2 Å². The summed E-state index contributed by atoms with van der Waals surface area (Å²) in [6.07, 6.45) is 5.02. The molecule has 0 fully saturated rings. The Labute approximate surface area is 179 Å². The lowest BCUT2D eigenvalue weighted by Gasteiger charge is -2.28. The monoisotopic (exact) mass is 442 g/mol. The highest BCUT2D eigenvalue weighted by molar-refractivity contribution is 7.89. The number of amides is 1. The number of nitrogens with one attached hydrogen (secondary N) is 1. The van der Waals surface area contributed by atoms with Gasteiger partial charge in [0.05, 0.1) is 10.6 Å². The molecule has 0 unspecified atom stereocenters. The fourth-order valence-electron chi connectivity index (χ4n) is 3.52. The number of rotatable bonds is 5. The van der Waals surface area contributed by atoms with Gasteiger partial charge in [-0.25, -0.2) is 18.1 Å². The number of hydrogen-bond acceptors (Lipinski definition) is 6. The minimum atomic E-state index is -3.69.